The number of carbonyl (C=O) groups excluding carboxylic acids is 1. The second-order valence-corrected chi connectivity index (χ2v) is 2.68. The van der Waals surface area contributed by atoms with Gasteiger partial charge >= 0.3 is 5.97 Å². The first-order valence-electron chi connectivity index (χ1n) is 4.25. The Labute approximate surface area is 81.1 Å². The van der Waals surface area contributed by atoms with E-state index < -0.39 is 18.4 Å². The van der Waals surface area contributed by atoms with Gasteiger partial charge in [0.2, 0.25) is 0 Å². The van der Waals surface area contributed by atoms with Crippen LogP contribution >= 0.6 is 0 Å². The van der Waals surface area contributed by atoms with Crippen molar-refractivity contribution in [1.82, 2.24) is 0 Å². The maximum absolute atomic E-state index is 12.9. The molecule has 76 valence electrons. The zero-order valence-corrected chi connectivity index (χ0v) is 7.79. The van der Waals surface area contributed by atoms with Gasteiger partial charge in [-0.05, 0) is 25.1 Å². The van der Waals surface area contributed by atoms with Gasteiger partial charge in [0.25, 0.3) is 0 Å². The number of carbonyl (C=O) groups is 1. The standard InChI is InChI=1S/C10H11FO3/c1-2-14-10(13)7-3-4-9(11)8(5-7)6-12/h3-5,12H,2,6H2,1H3. The van der Waals surface area contributed by atoms with E-state index in [4.69, 9.17) is 9.84 Å². The van der Waals surface area contributed by atoms with Crippen molar-refractivity contribution in [2.24, 2.45) is 0 Å². The van der Waals surface area contributed by atoms with E-state index in [9.17, 15) is 9.18 Å². The SMILES string of the molecule is CCOC(=O)c1ccc(F)c(CO)c1. The molecule has 1 aromatic rings. The van der Waals surface area contributed by atoms with E-state index >= 15 is 0 Å². The fraction of sp³-hybridized carbons (Fsp3) is 0.300. The molecule has 4 heteroatoms. The summed E-state index contributed by atoms with van der Waals surface area (Å²) >= 11 is 0. The van der Waals surface area contributed by atoms with Gasteiger partial charge in [0, 0.05) is 5.56 Å². The van der Waals surface area contributed by atoms with E-state index in [1.54, 1.807) is 6.92 Å². The molecule has 0 fully saturated rings. The Morgan fingerprint density at radius 1 is 1.57 bits per heavy atom. The van der Waals surface area contributed by atoms with Crippen LogP contribution in [0.5, 0.6) is 0 Å². The van der Waals surface area contributed by atoms with Gasteiger partial charge < -0.3 is 9.84 Å². The maximum atomic E-state index is 12.9. The van der Waals surface area contributed by atoms with Gasteiger partial charge in [-0.3, -0.25) is 0 Å². The maximum Gasteiger partial charge on any atom is 0.338 e. The van der Waals surface area contributed by atoms with Gasteiger partial charge in [0.15, 0.2) is 0 Å². The van der Waals surface area contributed by atoms with Crippen molar-refractivity contribution in [2.45, 2.75) is 13.5 Å². The molecule has 0 spiro atoms. The third kappa shape index (κ3) is 2.29. The second kappa shape index (κ2) is 4.72. The molecule has 0 saturated carbocycles. The van der Waals surface area contributed by atoms with E-state index in [-0.39, 0.29) is 17.7 Å². The van der Waals surface area contributed by atoms with Crippen LogP contribution in [-0.4, -0.2) is 17.7 Å². The van der Waals surface area contributed by atoms with Crippen molar-refractivity contribution in [3.63, 3.8) is 0 Å². The number of aliphatic hydroxyl groups excluding tert-OH is 1. The lowest BCUT2D eigenvalue weighted by atomic mass is 10.1. The Balaban J connectivity index is 2.94. The number of aliphatic hydroxyl groups is 1. The molecule has 0 aliphatic rings. The Kier molecular flexibility index (Phi) is 3.59. The number of halogens is 1. The van der Waals surface area contributed by atoms with Crippen LogP contribution in [0.1, 0.15) is 22.8 Å². The third-order valence-corrected chi connectivity index (χ3v) is 1.73. The van der Waals surface area contributed by atoms with E-state index in [0.717, 1.165) is 6.07 Å². The highest BCUT2D eigenvalue weighted by atomic mass is 19.1. The molecule has 0 amide bonds. The number of hydrogen-bond donors (Lipinski definition) is 1. The highest BCUT2D eigenvalue weighted by molar-refractivity contribution is 5.89. The molecule has 1 rings (SSSR count). The van der Waals surface area contributed by atoms with Gasteiger partial charge in [0.1, 0.15) is 5.82 Å². The van der Waals surface area contributed by atoms with Crippen molar-refractivity contribution in [3.8, 4) is 0 Å². The van der Waals surface area contributed by atoms with Gasteiger partial charge in [-0.15, -0.1) is 0 Å². The predicted molar refractivity (Wildman–Crippen MR) is 48.3 cm³/mol. The highest BCUT2D eigenvalue weighted by Crippen LogP contribution is 2.11. The van der Waals surface area contributed by atoms with Crippen molar-refractivity contribution >= 4 is 5.97 Å². The first-order valence-corrected chi connectivity index (χ1v) is 4.25. The lowest BCUT2D eigenvalue weighted by Crippen LogP contribution is -2.05. The summed E-state index contributed by atoms with van der Waals surface area (Å²) in [5.41, 5.74) is 0.341. The fourth-order valence-electron chi connectivity index (χ4n) is 1.04. The van der Waals surface area contributed by atoms with E-state index in [0.29, 0.717) is 0 Å². The van der Waals surface area contributed by atoms with Gasteiger partial charge in [-0.2, -0.15) is 0 Å². The van der Waals surface area contributed by atoms with Crippen molar-refractivity contribution in [1.29, 1.82) is 0 Å². The monoisotopic (exact) mass is 198 g/mol. The lowest BCUT2D eigenvalue weighted by molar-refractivity contribution is 0.0526. The Bertz CT molecular complexity index is 336. The second-order valence-electron chi connectivity index (χ2n) is 2.68. The molecule has 3 nitrogen and oxygen atoms in total. The molecule has 0 bridgehead atoms. The molecule has 0 heterocycles. The summed E-state index contributed by atoms with van der Waals surface area (Å²) in [5, 5.41) is 8.76. The van der Waals surface area contributed by atoms with Crippen LogP contribution in [-0.2, 0) is 11.3 Å². The van der Waals surface area contributed by atoms with Crippen LogP contribution in [0.2, 0.25) is 0 Å². The van der Waals surface area contributed by atoms with Crippen molar-refractivity contribution in [3.05, 3.63) is 35.1 Å². The quantitative estimate of drug-likeness (QED) is 0.748. The van der Waals surface area contributed by atoms with Crippen LogP contribution in [0.15, 0.2) is 18.2 Å². The smallest absolute Gasteiger partial charge is 0.338 e. The molecule has 0 unspecified atom stereocenters. The molecule has 0 atom stereocenters. The summed E-state index contributed by atoms with van der Waals surface area (Å²) in [4.78, 5) is 11.2. The highest BCUT2D eigenvalue weighted by Gasteiger charge is 2.09. The predicted octanol–water partition coefficient (Wildman–Crippen LogP) is 1.49. The first-order chi connectivity index (χ1) is 6.69. The zero-order chi connectivity index (χ0) is 10.6. The molecular weight excluding hydrogens is 187 g/mol. The summed E-state index contributed by atoms with van der Waals surface area (Å²) in [6.07, 6.45) is 0. The Morgan fingerprint density at radius 3 is 2.86 bits per heavy atom. The number of rotatable bonds is 3. The van der Waals surface area contributed by atoms with Crippen LogP contribution in [0.4, 0.5) is 4.39 Å². The molecule has 0 saturated heterocycles. The topological polar surface area (TPSA) is 46.5 Å². The van der Waals surface area contributed by atoms with Gasteiger partial charge in [-0.25, -0.2) is 9.18 Å². The molecule has 0 aromatic heterocycles. The first kappa shape index (κ1) is 10.7. The van der Waals surface area contributed by atoms with Crippen molar-refractivity contribution < 1.29 is 19.0 Å². The average Bonchev–Trinajstić information content (AvgIpc) is 2.19. The Hall–Kier alpha value is -1.42. The minimum Gasteiger partial charge on any atom is -0.462 e. The molecule has 0 aliphatic heterocycles. The molecule has 0 aliphatic carbocycles. The fourth-order valence-corrected chi connectivity index (χ4v) is 1.04. The zero-order valence-electron chi connectivity index (χ0n) is 7.79. The van der Waals surface area contributed by atoms with Crippen LogP contribution in [0, 0.1) is 5.82 Å². The van der Waals surface area contributed by atoms with Crippen LogP contribution in [0.25, 0.3) is 0 Å². The van der Waals surface area contributed by atoms with Crippen LogP contribution in [0.3, 0.4) is 0 Å². The minimum absolute atomic E-state index is 0.0931. The minimum atomic E-state index is -0.527. The number of benzene rings is 1. The number of ether oxygens (including phenoxy) is 1. The molecule has 0 radical (unpaired) electrons. The molecular formula is C10H11FO3. The Morgan fingerprint density at radius 2 is 2.29 bits per heavy atom. The summed E-state index contributed by atoms with van der Waals surface area (Å²) in [6, 6.07) is 3.75. The number of esters is 1. The van der Waals surface area contributed by atoms with Gasteiger partial charge in [-0.1, -0.05) is 0 Å². The van der Waals surface area contributed by atoms with Crippen molar-refractivity contribution in [2.75, 3.05) is 6.61 Å². The molecule has 1 aromatic carbocycles. The summed E-state index contributed by atoms with van der Waals surface area (Å²) in [5.74, 6) is -1.04. The summed E-state index contributed by atoms with van der Waals surface area (Å²) < 4.78 is 17.6. The largest absolute Gasteiger partial charge is 0.462 e. The summed E-state index contributed by atoms with van der Waals surface area (Å²) in [7, 11) is 0. The van der Waals surface area contributed by atoms with E-state index in [1.807, 2.05) is 0 Å². The summed E-state index contributed by atoms with van der Waals surface area (Å²) in [6.45, 7) is 1.53. The third-order valence-electron chi connectivity index (χ3n) is 1.73. The average molecular weight is 198 g/mol. The van der Waals surface area contributed by atoms with Gasteiger partial charge in [0.05, 0.1) is 18.8 Å². The molecule has 1 N–H and O–H groups in total. The van der Waals surface area contributed by atoms with Crippen LogP contribution < -0.4 is 0 Å². The molecule has 14 heavy (non-hydrogen) atoms. The number of hydrogen-bond acceptors (Lipinski definition) is 3. The lowest BCUT2D eigenvalue weighted by Gasteiger charge is -2.04. The van der Waals surface area contributed by atoms with E-state index in [1.165, 1.54) is 12.1 Å². The normalized spacial score (nSPS) is 9.93. The van der Waals surface area contributed by atoms with E-state index in [2.05, 4.69) is 0 Å².